The van der Waals surface area contributed by atoms with Crippen LogP contribution in [0.5, 0.6) is 5.75 Å². The number of ether oxygens (including phenoxy) is 1. The van der Waals surface area contributed by atoms with E-state index in [1.54, 1.807) is 7.11 Å². The smallest absolute Gasteiger partial charge is 0.224 e. The molecule has 0 radical (unpaired) electrons. The zero-order valence-corrected chi connectivity index (χ0v) is 14.2. The lowest BCUT2D eigenvalue weighted by molar-refractivity contribution is -0.120. The number of amides is 1. The number of hydrogen-bond donors (Lipinski definition) is 2. The van der Waals surface area contributed by atoms with E-state index in [-0.39, 0.29) is 5.91 Å². The van der Waals surface area contributed by atoms with Crippen LogP contribution in [-0.2, 0) is 17.6 Å². The predicted molar refractivity (Wildman–Crippen MR) is 96.7 cm³/mol. The van der Waals surface area contributed by atoms with E-state index in [2.05, 4.69) is 10.3 Å². The molecule has 24 heavy (non-hydrogen) atoms. The highest BCUT2D eigenvalue weighted by molar-refractivity contribution is 6.30. The first kappa shape index (κ1) is 16.4. The normalized spacial score (nSPS) is 10.8. The van der Waals surface area contributed by atoms with Gasteiger partial charge in [0, 0.05) is 28.7 Å². The largest absolute Gasteiger partial charge is 0.497 e. The summed E-state index contributed by atoms with van der Waals surface area (Å²) in [6.07, 6.45) is 2.97. The van der Waals surface area contributed by atoms with E-state index in [1.165, 1.54) is 0 Å². The highest BCUT2D eigenvalue weighted by atomic mass is 35.5. The average Bonchev–Trinajstić information content (AvgIpc) is 2.97. The van der Waals surface area contributed by atoms with Crippen molar-refractivity contribution >= 4 is 28.4 Å². The zero-order chi connectivity index (χ0) is 16.9. The molecule has 1 heterocycles. The van der Waals surface area contributed by atoms with Gasteiger partial charge >= 0.3 is 0 Å². The second-order valence-corrected chi connectivity index (χ2v) is 6.07. The van der Waals surface area contributed by atoms with Gasteiger partial charge in [0.1, 0.15) is 5.75 Å². The van der Waals surface area contributed by atoms with Crippen molar-refractivity contribution in [3.63, 3.8) is 0 Å². The summed E-state index contributed by atoms with van der Waals surface area (Å²) in [4.78, 5) is 15.4. The zero-order valence-electron chi connectivity index (χ0n) is 13.4. The standard InChI is InChI=1S/C19H19ClN2O2/c1-24-16-5-6-18-17(11-16)14(12-22-18)10-19(23)21-8-7-13-3-2-4-15(20)9-13/h2-6,9,11-12,22H,7-8,10H2,1H3,(H,21,23). The van der Waals surface area contributed by atoms with Gasteiger partial charge in [0.2, 0.25) is 5.91 Å². The maximum absolute atomic E-state index is 12.2. The summed E-state index contributed by atoms with van der Waals surface area (Å²) >= 11 is 5.96. The molecule has 124 valence electrons. The minimum atomic E-state index is 0.000693. The maximum atomic E-state index is 12.2. The molecule has 2 aromatic carbocycles. The first-order valence-electron chi connectivity index (χ1n) is 7.81. The SMILES string of the molecule is COc1ccc2[nH]cc(CC(=O)NCCc3cccc(Cl)c3)c2c1. The number of fused-ring (bicyclic) bond motifs is 1. The summed E-state index contributed by atoms with van der Waals surface area (Å²) in [7, 11) is 1.63. The van der Waals surface area contributed by atoms with Crippen LogP contribution in [0.2, 0.25) is 5.02 Å². The van der Waals surface area contributed by atoms with Gasteiger partial charge in [0.25, 0.3) is 0 Å². The van der Waals surface area contributed by atoms with Crippen molar-refractivity contribution in [3.05, 3.63) is 64.8 Å². The van der Waals surface area contributed by atoms with Gasteiger partial charge in [-0.3, -0.25) is 4.79 Å². The molecule has 0 fully saturated rings. The van der Waals surface area contributed by atoms with Gasteiger partial charge in [-0.1, -0.05) is 23.7 Å². The van der Waals surface area contributed by atoms with Gasteiger partial charge in [-0.2, -0.15) is 0 Å². The van der Waals surface area contributed by atoms with Crippen molar-refractivity contribution in [2.75, 3.05) is 13.7 Å². The van der Waals surface area contributed by atoms with Crippen LogP contribution in [0.15, 0.2) is 48.7 Å². The van der Waals surface area contributed by atoms with Crippen molar-refractivity contribution in [3.8, 4) is 5.75 Å². The molecule has 2 N–H and O–H groups in total. The molecule has 0 unspecified atom stereocenters. The number of carbonyl (C=O) groups is 1. The number of aromatic amines is 1. The molecule has 5 heteroatoms. The number of methoxy groups -OCH3 is 1. The molecule has 4 nitrogen and oxygen atoms in total. The van der Waals surface area contributed by atoms with E-state index in [0.717, 1.165) is 34.2 Å². The van der Waals surface area contributed by atoms with E-state index in [9.17, 15) is 4.79 Å². The summed E-state index contributed by atoms with van der Waals surface area (Å²) < 4.78 is 5.25. The molecule has 0 saturated heterocycles. The third-order valence-corrected chi connectivity index (χ3v) is 4.19. The Morgan fingerprint density at radius 1 is 1.25 bits per heavy atom. The lowest BCUT2D eigenvalue weighted by atomic mass is 10.1. The van der Waals surface area contributed by atoms with Crippen LogP contribution in [0.1, 0.15) is 11.1 Å². The van der Waals surface area contributed by atoms with Gasteiger partial charge < -0.3 is 15.0 Å². The first-order valence-corrected chi connectivity index (χ1v) is 8.18. The van der Waals surface area contributed by atoms with Crippen molar-refractivity contribution in [2.45, 2.75) is 12.8 Å². The highest BCUT2D eigenvalue weighted by Crippen LogP contribution is 2.23. The van der Waals surface area contributed by atoms with Crippen molar-refractivity contribution in [1.82, 2.24) is 10.3 Å². The fourth-order valence-electron chi connectivity index (χ4n) is 2.70. The van der Waals surface area contributed by atoms with Gasteiger partial charge in [-0.15, -0.1) is 0 Å². The van der Waals surface area contributed by atoms with Crippen LogP contribution in [-0.4, -0.2) is 24.5 Å². The predicted octanol–water partition coefficient (Wildman–Crippen LogP) is 3.73. The Labute approximate surface area is 145 Å². The minimum Gasteiger partial charge on any atom is -0.497 e. The quantitative estimate of drug-likeness (QED) is 0.717. The lowest BCUT2D eigenvalue weighted by Gasteiger charge is -2.06. The summed E-state index contributed by atoms with van der Waals surface area (Å²) in [5, 5.41) is 4.68. The number of aromatic nitrogens is 1. The van der Waals surface area contributed by atoms with E-state index in [1.807, 2.05) is 48.7 Å². The van der Waals surface area contributed by atoms with Crippen LogP contribution in [0, 0.1) is 0 Å². The number of hydrogen-bond acceptors (Lipinski definition) is 2. The summed E-state index contributed by atoms with van der Waals surface area (Å²) in [5.41, 5.74) is 3.07. The monoisotopic (exact) mass is 342 g/mol. The van der Waals surface area contributed by atoms with Crippen LogP contribution in [0.4, 0.5) is 0 Å². The Morgan fingerprint density at radius 3 is 2.92 bits per heavy atom. The van der Waals surface area contributed by atoms with E-state index >= 15 is 0 Å². The second-order valence-electron chi connectivity index (χ2n) is 5.63. The molecule has 0 bridgehead atoms. The second kappa shape index (κ2) is 7.41. The van der Waals surface area contributed by atoms with Crippen LogP contribution in [0.3, 0.4) is 0 Å². The van der Waals surface area contributed by atoms with Crippen LogP contribution < -0.4 is 10.1 Å². The Kier molecular flexibility index (Phi) is 5.06. The van der Waals surface area contributed by atoms with Gasteiger partial charge in [0.15, 0.2) is 0 Å². The Hall–Kier alpha value is -2.46. The third kappa shape index (κ3) is 3.89. The lowest BCUT2D eigenvalue weighted by Crippen LogP contribution is -2.27. The number of carbonyl (C=O) groups excluding carboxylic acids is 1. The summed E-state index contributed by atoms with van der Waals surface area (Å²) in [6, 6.07) is 13.5. The molecular weight excluding hydrogens is 324 g/mol. The Balaban J connectivity index is 1.59. The molecule has 0 aliphatic rings. The van der Waals surface area contributed by atoms with Gasteiger partial charge in [-0.05, 0) is 47.9 Å². The molecule has 0 spiro atoms. The average molecular weight is 343 g/mol. The number of H-pyrrole nitrogens is 1. The van der Waals surface area contributed by atoms with E-state index < -0.39 is 0 Å². The molecule has 3 aromatic rings. The highest BCUT2D eigenvalue weighted by Gasteiger charge is 2.09. The third-order valence-electron chi connectivity index (χ3n) is 3.95. The van der Waals surface area contributed by atoms with E-state index in [4.69, 9.17) is 16.3 Å². The molecule has 3 rings (SSSR count). The van der Waals surface area contributed by atoms with Gasteiger partial charge in [-0.25, -0.2) is 0 Å². The van der Waals surface area contributed by atoms with Crippen LogP contribution in [0.25, 0.3) is 10.9 Å². The number of halogens is 1. The number of nitrogens with one attached hydrogen (secondary N) is 2. The van der Waals surface area contributed by atoms with Crippen molar-refractivity contribution in [2.24, 2.45) is 0 Å². The Bertz CT molecular complexity index is 857. The maximum Gasteiger partial charge on any atom is 0.224 e. The fourth-order valence-corrected chi connectivity index (χ4v) is 2.92. The summed E-state index contributed by atoms with van der Waals surface area (Å²) in [5.74, 6) is 0.783. The van der Waals surface area contributed by atoms with Crippen molar-refractivity contribution in [1.29, 1.82) is 0 Å². The molecule has 0 aliphatic heterocycles. The van der Waals surface area contributed by atoms with Crippen molar-refractivity contribution < 1.29 is 9.53 Å². The number of rotatable bonds is 6. The Morgan fingerprint density at radius 2 is 2.12 bits per heavy atom. The molecule has 0 aliphatic carbocycles. The van der Waals surface area contributed by atoms with Crippen LogP contribution >= 0.6 is 11.6 Å². The minimum absolute atomic E-state index is 0.000693. The molecule has 1 amide bonds. The molecule has 1 aromatic heterocycles. The number of benzene rings is 2. The topological polar surface area (TPSA) is 54.1 Å². The van der Waals surface area contributed by atoms with E-state index in [0.29, 0.717) is 18.0 Å². The van der Waals surface area contributed by atoms with Gasteiger partial charge in [0.05, 0.1) is 13.5 Å². The molecule has 0 atom stereocenters. The fraction of sp³-hybridized carbons (Fsp3) is 0.211. The summed E-state index contributed by atoms with van der Waals surface area (Å²) in [6.45, 7) is 0.588. The molecular formula is C19H19ClN2O2. The first-order chi connectivity index (χ1) is 11.7. The molecule has 0 saturated carbocycles.